The van der Waals surface area contributed by atoms with Crippen molar-refractivity contribution >= 4 is 36.1 Å². The van der Waals surface area contributed by atoms with Gasteiger partial charge in [-0.15, -0.1) is 0 Å². The van der Waals surface area contributed by atoms with Gasteiger partial charge in [-0.05, 0) is 57.1 Å². The molecule has 2 aliphatic rings. The Morgan fingerprint density at radius 3 is 1.75 bits per heavy atom. The van der Waals surface area contributed by atoms with Crippen molar-refractivity contribution in [3.05, 3.63) is 113 Å². The van der Waals surface area contributed by atoms with E-state index in [1.54, 1.807) is 24.4 Å². The largest absolute Gasteiger partial charge is 0.452 e. The molecule has 0 spiro atoms. The van der Waals surface area contributed by atoms with Crippen LogP contribution in [-0.4, -0.2) is 55.4 Å². The van der Waals surface area contributed by atoms with Gasteiger partial charge in [0.1, 0.15) is 29.1 Å². The van der Waals surface area contributed by atoms with Gasteiger partial charge in [0.15, 0.2) is 24.8 Å². The number of esters is 1. The molecular weight excluding hydrogens is 765 g/mol. The first kappa shape index (κ1) is 43.1. The van der Waals surface area contributed by atoms with Gasteiger partial charge < -0.3 is 32.1 Å². The lowest BCUT2D eigenvalue weighted by Crippen LogP contribution is -2.64. The minimum Gasteiger partial charge on any atom is -0.452 e. The number of nitrogens with zero attached hydrogens (tertiary/aromatic N) is 1. The van der Waals surface area contributed by atoms with Crippen molar-refractivity contribution in [2.24, 2.45) is 0 Å². The van der Waals surface area contributed by atoms with E-state index in [-0.39, 0.29) is 34.0 Å². The van der Waals surface area contributed by atoms with E-state index in [1.807, 2.05) is 30.3 Å². The number of carbonyl (C=O) groups excluding carboxylic acids is 1. The summed E-state index contributed by atoms with van der Waals surface area (Å²) in [7, 11) is -0.740. The molecule has 2 aromatic heterocycles. The number of rotatable bonds is 6. The number of benzene rings is 3. The Morgan fingerprint density at radius 1 is 0.695 bits per heavy atom. The van der Waals surface area contributed by atoms with E-state index in [2.05, 4.69) is 112 Å². The van der Waals surface area contributed by atoms with E-state index >= 15 is 0 Å². The summed E-state index contributed by atoms with van der Waals surface area (Å²) in [6.07, 6.45) is -3.83. The van der Waals surface area contributed by atoms with Gasteiger partial charge in [0.2, 0.25) is 0 Å². The molecular formula is C48H60NO9P. The van der Waals surface area contributed by atoms with E-state index in [4.69, 9.17) is 36.6 Å². The second-order valence-corrected chi connectivity index (χ2v) is 20.8. The normalized spacial score (nSPS) is 22.9. The monoisotopic (exact) mass is 825 g/mol. The number of aromatic nitrogens is 1. The van der Waals surface area contributed by atoms with Gasteiger partial charge in [-0.25, -0.2) is 9.78 Å². The molecule has 0 bridgehead atoms. The Labute approximate surface area is 349 Å². The van der Waals surface area contributed by atoms with Crippen LogP contribution in [0.4, 0.5) is 0 Å². The van der Waals surface area contributed by atoms with Gasteiger partial charge >= 0.3 is 14.2 Å². The fourth-order valence-corrected chi connectivity index (χ4v) is 8.81. The van der Waals surface area contributed by atoms with Crippen molar-refractivity contribution in [2.75, 3.05) is 13.7 Å². The second kappa shape index (κ2) is 16.1. The molecule has 2 aliphatic heterocycles. The molecule has 2 fully saturated rings. The first-order valence-electron chi connectivity index (χ1n) is 20.5. The molecule has 11 heteroatoms. The molecule has 3 aromatic carbocycles. The Balaban J connectivity index is 1.48. The Kier molecular flexibility index (Phi) is 11.8. The summed E-state index contributed by atoms with van der Waals surface area (Å²) >= 11 is 0. The Hall–Kier alpha value is -4.02. The van der Waals surface area contributed by atoms with Gasteiger partial charge in [-0.1, -0.05) is 132 Å². The molecule has 2 saturated heterocycles. The van der Waals surface area contributed by atoms with Crippen molar-refractivity contribution in [3.63, 3.8) is 0 Å². The Bertz CT molecular complexity index is 2240. The number of hydrogen-bond acceptors (Lipinski definition) is 10. The van der Waals surface area contributed by atoms with Crippen molar-refractivity contribution in [1.29, 1.82) is 0 Å². The molecule has 6 atom stereocenters. The maximum atomic E-state index is 13.9. The molecule has 0 N–H and O–H groups in total. The number of fused-ring (bicyclic) bond motifs is 4. The second-order valence-electron chi connectivity index (χ2n) is 19.8. The van der Waals surface area contributed by atoms with Crippen LogP contribution in [0, 0.1) is 0 Å². The number of hydrogen-bond donors (Lipinski definition) is 0. The van der Waals surface area contributed by atoms with Crippen LogP contribution in [-0.2, 0) is 45.3 Å². The summed E-state index contributed by atoms with van der Waals surface area (Å²) in [6.45, 7) is 26.7. The highest BCUT2D eigenvalue weighted by molar-refractivity contribution is 7.31. The molecule has 10 nitrogen and oxygen atoms in total. The van der Waals surface area contributed by atoms with Crippen LogP contribution in [0.2, 0.25) is 0 Å². The van der Waals surface area contributed by atoms with Gasteiger partial charge in [-0.2, -0.15) is 0 Å². The highest BCUT2D eigenvalue weighted by atomic mass is 31.1. The molecule has 0 radical (unpaired) electrons. The van der Waals surface area contributed by atoms with Crippen molar-refractivity contribution in [1.82, 2.24) is 4.98 Å². The molecule has 0 amide bonds. The van der Waals surface area contributed by atoms with Crippen molar-refractivity contribution < 1.29 is 41.4 Å². The highest BCUT2D eigenvalue weighted by Gasteiger charge is 2.54. The van der Waals surface area contributed by atoms with Gasteiger partial charge in [0, 0.05) is 40.8 Å². The van der Waals surface area contributed by atoms with E-state index in [9.17, 15) is 4.79 Å². The fraction of sp³-hybridized carbons (Fsp3) is 0.500. The zero-order valence-electron chi connectivity index (χ0n) is 36.7. The van der Waals surface area contributed by atoms with Gasteiger partial charge in [-0.3, -0.25) is 4.52 Å². The lowest BCUT2D eigenvalue weighted by molar-refractivity contribution is -0.351. The number of carbonyl (C=O) groups is 1. The minimum atomic E-state index is -2.27. The lowest BCUT2D eigenvalue weighted by atomic mass is 9.77. The highest BCUT2D eigenvalue weighted by Crippen LogP contribution is 2.47. The standard InChI is InChI=1S/C48H60NO9P/c1-45(2,3)29-23-31-32-24-30(46(4,5)6)26-34(48(10,11)12)38(32)57-59(56-37(31)33(25-29)47(7,8)9)58-41-40(54-42(50)35-21-17-18-22-49-35)39-36(53-44(41)51-13)27-52-43(55-39)28-19-15-14-16-20-28/h14-26,36,39-41,43-44H,27H2,1-13H3/t36-,39-,40+,41-,43-,44+/m1/s1. The van der Waals surface area contributed by atoms with Crippen LogP contribution < -0.4 is 4.52 Å². The molecule has 4 heterocycles. The van der Waals surface area contributed by atoms with E-state index in [1.165, 1.54) is 18.2 Å². The van der Waals surface area contributed by atoms with Crippen molar-refractivity contribution in [2.45, 2.75) is 142 Å². The summed E-state index contributed by atoms with van der Waals surface area (Å²) in [6, 6.07) is 23.7. The summed E-state index contributed by atoms with van der Waals surface area (Å²) in [5, 5.41) is 1.87. The topological polar surface area (TPSA) is 112 Å². The smallest absolute Gasteiger partial charge is 0.388 e. The zero-order valence-corrected chi connectivity index (χ0v) is 37.6. The number of ether oxygens (including phenoxy) is 5. The minimum absolute atomic E-state index is 0.138. The average Bonchev–Trinajstić information content (AvgIpc) is 3.33. The number of pyridine rings is 1. The quantitative estimate of drug-likeness (QED) is 0.153. The SMILES string of the molecule is CO[C@H]1O[C@@H]2CO[C@@H](c3ccccc3)O[C@H]2[C@H](OC(=O)c2ccccn2)[C@H]1Op1oc2c(C(C)(C)C)cc(C(C)(C)C)cc2c2cc(C(C)(C)C)cc(C(C)(C)C)c2o1. The van der Waals surface area contributed by atoms with Crippen molar-refractivity contribution in [3.8, 4) is 0 Å². The van der Waals surface area contributed by atoms with Crippen LogP contribution in [0.15, 0.2) is 87.4 Å². The van der Waals surface area contributed by atoms with E-state index in [0.717, 1.165) is 27.5 Å². The predicted molar refractivity (Wildman–Crippen MR) is 231 cm³/mol. The first-order chi connectivity index (χ1) is 27.6. The maximum absolute atomic E-state index is 13.9. The molecule has 0 aliphatic carbocycles. The Morgan fingerprint density at radius 2 is 1.25 bits per heavy atom. The van der Waals surface area contributed by atoms with Crippen LogP contribution >= 0.6 is 8.24 Å². The lowest BCUT2D eigenvalue weighted by Gasteiger charge is -2.47. The fourth-order valence-electron chi connectivity index (χ4n) is 7.57. The van der Waals surface area contributed by atoms with Crippen LogP contribution in [0.1, 0.15) is 128 Å². The van der Waals surface area contributed by atoms with Gasteiger partial charge in [0.05, 0.1) is 6.61 Å². The van der Waals surface area contributed by atoms with Gasteiger partial charge in [0.25, 0.3) is 0 Å². The molecule has 0 saturated carbocycles. The summed E-state index contributed by atoms with van der Waals surface area (Å²) in [4.78, 5) is 18.2. The molecule has 316 valence electrons. The molecule has 0 unspecified atom stereocenters. The summed E-state index contributed by atoms with van der Waals surface area (Å²) in [5.74, 6) is -0.647. The third-order valence-corrected chi connectivity index (χ3v) is 12.1. The third-order valence-electron chi connectivity index (χ3n) is 11.1. The van der Waals surface area contributed by atoms with E-state index in [0.29, 0.717) is 11.2 Å². The zero-order chi connectivity index (χ0) is 42.7. The first-order valence-corrected chi connectivity index (χ1v) is 21.6. The third kappa shape index (κ3) is 9.05. The molecule has 7 rings (SSSR count). The molecule has 59 heavy (non-hydrogen) atoms. The summed E-state index contributed by atoms with van der Waals surface area (Å²) in [5.41, 5.74) is 5.73. The predicted octanol–water partition coefficient (Wildman–Crippen LogP) is 11.4. The average molecular weight is 826 g/mol. The number of methoxy groups -OCH3 is 1. The van der Waals surface area contributed by atoms with Crippen LogP contribution in [0.25, 0.3) is 21.9 Å². The van der Waals surface area contributed by atoms with Crippen LogP contribution in [0.3, 0.4) is 0 Å². The maximum Gasteiger partial charge on any atom is 0.388 e. The molecule has 5 aromatic rings. The van der Waals surface area contributed by atoms with E-state index < -0.39 is 51.2 Å². The summed E-state index contributed by atoms with van der Waals surface area (Å²) < 4.78 is 53.0. The van der Waals surface area contributed by atoms with Crippen LogP contribution in [0.5, 0.6) is 0 Å².